The summed E-state index contributed by atoms with van der Waals surface area (Å²) < 4.78 is 7.06. The van der Waals surface area contributed by atoms with Crippen LogP contribution in [0.1, 0.15) is 15.9 Å². The molecule has 6 heteroatoms. The standard InChI is InChI=1S/C19H14N4O2/c24-19(15-6-8-17(9-7-15)23-13-20-12-22-23)25-11-16-4-1-3-14-5-2-10-21-18(14)16/h1-10,12-13H,11H2. The highest BCUT2D eigenvalue weighted by atomic mass is 16.5. The van der Waals surface area contributed by atoms with Gasteiger partial charge in [-0.3, -0.25) is 4.98 Å². The number of rotatable bonds is 4. The molecule has 0 aliphatic heterocycles. The Morgan fingerprint density at radius 1 is 1.04 bits per heavy atom. The first-order valence-electron chi connectivity index (χ1n) is 7.76. The third-order valence-electron chi connectivity index (χ3n) is 3.86. The summed E-state index contributed by atoms with van der Waals surface area (Å²) >= 11 is 0. The molecule has 0 bridgehead atoms. The molecule has 4 aromatic rings. The molecule has 0 radical (unpaired) electrons. The van der Waals surface area contributed by atoms with E-state index in [0.717, 1.165) is 22.2 Å². The second-order valence-corrected chi connectivity index (χ2v) is 5.46. The van der Waals surface area contributed by atoms with E-state index in [1.54, 1.807) is 41.5 Å². The van der Waals surface area contributed by atoms with E-state index in [1.807, 2.05) is 30.3 Å². The summed E-state index contributed by atoms with van der Waals surface area (Å²) in [5, 5.41) is 5.07. The number of aromatic nitrogens is 4. The molecule has 0 N–H and O–H groups in total. The Hall–Kier alpha value is -3.54. The Kier molecular flexibility index (Phi) is 3.92. The number of para-hydroxylation sites is 1. The van der Waals surface area contributed by atoms with Gasteiger partial charge in [-0.1, -0.05) is 24.3 Å². The fraction of sp³-hybridized carbons (Fsp3) is 0.0526. The third kappa shape index (κ3) is 3.10. The Labute approximate surface area is 143 Å². The lowest BCUT2D eigenvalue weighted by molar-refractivity contribution is 0.0474. The van der Waals surface area contributed by atoms with Crippen LogP contribution < -0.4 is 0 Å². The van der Waals surface area contributed by atoms with Gasteiger partial charge in [-0.2, -0.15) is 5.10 Å². The number of carbonyl (C=O) groups is 1. The molecule has 0 atom stereocenters. The van der Waals surface area contributed by atoms with Crippen molar-refractivity contribution in [1.82, 2.24) is 19.7 Å². The number of hydrogen-bond acceptors (Lipinski definition) is 5. The van der Waals surface area contributed by atoms with Crippen molar-refractivity contribution in [3.05, 3.63) is 84.6 Å². The number of benzene rings is 2. The zero-order valence-electron chi connectivity index (χ0n) is 13.2. The van der Waals surface area contributed by atoms with E-state index >= 15 is 0 Å². The van der Waals surface area contributed by atoms with Gasteiger partial charge in [0.05, 0.1) is 16.8 Å². The average Bonchev–Trinajstić information content (AvgIpc) is 3.21. The molecule has 2 aromatic heterocycles. The van der Waals surface area contributed by atoms with Crippen molar-refractivity contribution in [3.8, 4) is 5.69 Å². The van der Waals surface area contributed by atoms with Gasteiger partial charge in [-0.25, -0.2) is 14.5 Å². The van der Waals surface area contributed by atoms with Crippen LogP contribution in [0.4, 0.5) is 0 Å². The zero-order chi connectivity index (χ0) is 17.1. The number of nitrogens with zero attached hydrogens (tertiary/aromatic N) is 4. The summed E-state index contributed by atoms with van der Waals surface area (Å²) in [7, 11) is 0. The Balaban J connectivity index is 1.48. The van der Waals surface area contributed by atoms with E-state index in [0.29, 0.717) is 5.56 Å². The lowest BCUT2D eigenvalue weighted by Gasteiger charge is -2.08. The van der Waals surface area contributed by atoms with Crippen molar-refractivity contribution in [3.63, 3.8) is 0 Å². The molecule has 0 spiro atoms. The molecule has 0 aliphatic carbocycles. The summed E-state index contributed by atoms with van der Waals surface area (Å²) in [6.45, 7) is 0.179. The predicted molar refractivity (Wildman–Crippen MR) is 92.2 cm³/mol. The molecule has 0 fully saturated rings. The second kappa shape index (κ2) is 6.52. The summed E-state index contributed by atoms with van der Waals surface area (Å²) in [4.78, 5) is 20.5. The Bertz CT molecular complexity index is 1010. The largest absolute Gasteiger partial charge is 0.457 e. The van der Waals surface area contributed by atoms with Gasteiger partial charge in [0.1, 0.15) is 19.3 Å². The predicted octanol–water partition coefficient (Wildman–Crippen LogP) is 3.17. The van der Waals surface area contributed by atoms with Crippen LogP contribution in [0, 0.1) is 0 Å². The smallest absolute Gasteiger partial charge is 0.338 e. The van der Waals surface area contributed by atoms with E-state index in [9.17, 15) is 4.79 Å². The number of esters is 1. The maximum absolute atomic E-state index is 12.3. The second-order valence-electron chi connectivity index (χ2n) is 5.46. The van der Waals surface area contributed by atoms with Gasteiger partial charge in [-0.05, 0) is 30.3 Å². The lowest BCUT2D eigenvalue weighted by Crippen LogP contribution is -2.06. The number of pyridine rings is 1. The first kappa shape index (κ1) is 15.0. The molecule has 2 heterocycles. The molecular weight excluding hydrogens is 316 g/mol. The normalized spacial score (nSPS) is 10.7. The quantitative estimate of drug-likeness (QED) is 0.538. The van der Waals surface area contributed by atoms with E-state index in [-0.39, 0.29) is 12.6 Å². The highest BCUT2D eigenvalue weighted by Gasteiger charge is 2.09. The molecule has 0 saturated heterocycles. The molecule has 0 unspecified atom stereocenters. The Morgan fingerprint density at radius 2 is 1.88 bits per heavy atom. The summed E-state index contributed by atoms with van der Waals surface area (Å²) in [6.07, 6.45) is 4.79. The fourth-order valence-electron chi connectivity index (χ4n) is 2.60. The van der Waals surface area contributed by atoms with Crippen molar-refractivity contribution < 1.29 is 9.53 Å². The van der Waals surface area contributed by atoms with Crippen LogP contribution in [0.2, 0.25) is 0 Å². The van der Waals surface area contributed by atoms with Crippen LogP contribution in [0.15, 0.2) is 73.4 Å². The zero-order valence-corrected chi connectivity index (χ0v) is 13.2. The van der Waals surface area contributed by atoms with Crippen molar-refractivity contribution in [2.24, 2.45) is 0 Å². The monoisotopic (exact) mass is 330 g/mol. The van der Waals surface area contributed by atoms with Crippen molar-refractivity contribution in [2.45, 2.75) is 6.61 Å². The molecule has 4 rings (SSSR count). The number of ether oxygens (including phenoxy) is 1. The van der Waals surface area contributed by atoms with E-state index in [2.05, 4.69) is 15.1 Å². The van der Waals surface area contributed by atoms with Crippen molar-refractivity contribution in [1.29, 1.82) is 0 Å². The van der Waals surface area contributed by atoms with Crippen LogP contribution in [-0.2, 0) is 11.3 Å². The summed E-state index contributed by atoms with van der Waals surface area (Å²) in [5.41, 5.74) is 3.04. The molecule has 2 aromatic carbocycles. The van der Waals surface area contributed by atoms with Crippen molar-refractivity contribution in [2.75, 3.05) is 0 Å². The highest BCUT2D eigenvalue weighted by Crippen LogP contribution is 2.17. The first-order valence-corrected chi connectivity index (χ1v) is 7.76. The number of fused-ring (bicyclic) bond motifs is 1. The van der Waals surface area contributed by atoms with Gasteiger partial charge in [0.15, 0.2) is 0 Å². The molecule has 0 saturated carbocycles. The van der Waals surface area contributed by atoms with E-state index < -0.39 is 0 Å². The first-order chi connectivity index (χ1) is 12.3. The van der Waals surface area contributed by atoms with E-state index in [4.69, 9.17) is 4.74 Å². The molecule has 6 nitrogen and oxygen atoms in total. The molecule has 0 amide bonds. The van der Waals surface area contributed by atoms with Gasteiger partial charge in [-0.15, -0.1) is 0 Å². The maximum atomic E-state index is 12.3. The molecule has 122 valence electrons. The molecular formula is C19H14N4O2. The van der Waals surface area contributed by atoms with Crippen LogP contribution in [0.5, 0.6) is 0 Å². The summed E-state index contributed by atoms with van der Waals surface area (Å²) in [5.74, 6) is -0.377. The minimum Gasteiger partial charge on any atom is -0.457 e. The van der Waals surface area contributed by atoms with Crippen LogP contribution in [0.25, 0.3) is 16.6 Å². The van der Waals surface area contributed by atoms with Gasteiger partial charge >= 0.3 is 5.97 Å². The summed E-state index contributed by atoms with van der Waals surface area (Å²) in [6, 6.07) is 16.7. The SMILES string of the molecule is O=C(OCc1cccc2cccnc12)c1ccc(-n2cncn2)cc1. The maximum Gasteiger partial charge on any atom is 0.338 e. The average molecular weight is 330 g/mol. The van der Waals surface area contributed by atoms with Gasteiger partial charge in [0, 0.05) is 17.1 Å². The molecule has 25 heavy (non-hydrogen) atoms. The van der Waals surface area contributed by atoms with E-state index in [1.165, 1.54) is 6.33 Å². The van der Waals surface area contributed by atoms with Gasteiger partial charge in [0.25, 0.3) is 0 Å². The minimum absolute atomic E-state index is 0.179. The molecule has 0 aliphatic rings. The third-order valence-corrected chi connectivity index (χ3v) is 3.86. The number of carbonyl (C=O) groups excluding carboxylic acids is 1. The van der Waals surface area contributed by atoms with Crippen LogP contribution in [-0.4, -0.2) is 25.7 Å². The minimum atomic E-state index is -0.377. The van der Waals surface area contributed by atoms with Crippen LogP contribution in [0.3, 0.4) is 0 Å². The van der Waals surface area contributed by atoms with Gasteiger partial charge in [0.2, 0.25) is 0 Å². The number of hydrogen-bond donors (Lipinski definition) is 0. The topological polar surface area (TPSA) is 69.9 Å². The van der Waals surface area contributed by atoms with Crippen LogP contribution >= 0.6 is 0 Å². The fourth-order valence-corrected chi connectivity index (χ4v) is 2.60. The lowest BCUT2D eigenvalue weighted by atomic mass is 10.1. The van der Waals surface area contributed by atoms with Gasteiger partial charge < -0.3 is 4.74 Å². The van der Waals surface area contributed by atoms with Crippen molar-refractivity contribution >= 4 is 16.9 Å². The Morgan fingerprint density at radius 3 is 2.68 bits per heavy atom. The highest BCUT2D eigenvalue weighted by molar-refractivity contribution is 5.90.